The Kier molecular flexibility index (Phi) is 4.96. The van der Waals surface area contributed by atoms with E-state index in [2.05, 4.69) is 25.9 Å². The molecule has 1 aromatic heterocycles. The van der Waals surface area contributed by atoms with Gasteiger partial charge in [0.2, 0.25) is 0 Å². The van der Waals surface area contributed by atoms with E-state index in [1.54, 1.807) is 36.4 Å². The number of nitrogens with zero attached hydrogens (tertiary/aromatic N) is 2. The van der Waals surface area contributed by atoms with Gasteiger partial charge < -0.3 is 16.0 Å². The molecule has 124 valence electrons. The van der Waals surface area contributed by atoms with Crippen LogP contribution in [-0.4, -0.2) is 21.9 Å². The number of hydrogen-bond donors (Lipinski definition) is 3. The molecule has 0 aliphatic rings. The Hall–Kier alpha value is -3.74. The summed E-state index contributed by atoms with van der Waals surface area (Å²) in [4.78, 5) is 31.9. The molecule has 3 N–H and O–H groups in total. The molecule has 0 bridgehead atoms. The van der Waals surface area contributed by atoms with E-state index in [1.165, 1.54) is 18.6 Å². The predicted molar refractivity (Wildman–Crippen MR) is 95.5 cm³/mol. The summed E-state index contributed by atoms with van der Waals surface area (Å²) in [7, 11) is 0. The van der Waals surface area contributed by atoms with E-state index in [0.717, 1.165) is 0 Å². The zero-order valence-electron chi connectivity index (χ0n) is 13.1. The molecule has 0 spiro atoms. The highest BCUT2D eigenvalue weighted by atomic mass is 16.2. The number of carbonyl (C=O) groups is 2. The predicted octanol–water partition coefficient (Wildman–Crippen LogP) is 3.37. The Morgan fingerprint density at radius 3 is 2.16 bits per heavy atom. The van der Waals surface area contributed by atoms with Crippen LogP contribution in [-0.2, 0) is 0 Å². The van der Waals surface area contributed by atoms with Gasteiger partial charge in [0.1, 0.15) is 5.69 Å². The van der Waals surface area contributed by atoms with Crippen molar-refractivity contribution in [1.82, 2.24) is 9.97 Å². The maximum atomic E-state index is 12.1. The van der Waals surface area contributed by atoms with Crippen LogP contribution in [0.3, 0.4) is 0 Å². The smallest absolute Gasteiger partial charge is 0.321 e. The molecule has 0 aliphatic heterocycles. The van der Waals surface area contributed by atoms with Gasteiger partial charge in [0, 0.05) is 29.5 Å². The second kappa shape index (κ2) is 7.69. The van der Waals surface area contributed by atoms with Gasteiger partial charge in [0.25, 0.3) is 5.91 Å². The molecular formula is C18H15N5O2. The number of benzene rings is 2. The van der Waals surface area contributed by atoms with Crippen LogP contribution in [0.15, 0.2) is 73.2 Å². The van der Waals surface area contributed by atoms with E-state index >= 15 is 0 Å². The van der Waals surface area contributed by atoms with E-state index in [-0.39, 0.29) is 17.6 Å². The molecule has 0 atom stereocenters. The van der Waals surface area contributed by atoms with Crippen LogP contribution in [0.1, 0.15) is 10.5 Å². The SMILES string of the molecule is O=C(Nc1ccccc1)Nc1cccc(NC(=O)c2cnccn2)c1. The second-order valence-electron chi connectivity index (χ2n) is 5.07. The highest BCUT2D eigenvalue weighted by molar-refractivity contribution is 6.03. The Morgan fingerprint density at radius 2 is 1.44 bits per heavy atom. The van der Waals surface area contributed by atoms with Crippen LogP contribution < -0.4 is 16.0 Å². The van der Waals surface area contributed by atoms with Crippen LogP contribution in [0.2, 0.25) is 0 Å². The minimum Gasteiger partial charge on any atom is -0.321 e. The zero-order valence-corrected chi connectivity index (χ0v) is 13.1. The minimum absolute atomic E-state index is 0.211. The quantitative estimate of drug-likeness (QED) is 0.682. The third-order valence-corrected chi connectivity index (χ3v) is 3.21. The Bertz CT molecular complexity index is 869. The highest BCUT2D eigenvalue weighted by Gasteiger charge is 2.08. The summed E-state index contributed by atoms with van der Waals surface area (Å²) in [6.07, 6.45) is 4.32. The molecule has 3 rings (SSSR count). The van der Waals surface area contributed by atoms with E-state index in [9.17, 15) is 9.59 Å². The first-order chi connectivity index (χ1) is 12.2. The van der Waals surface area contributed by atoms with E-state index in [0.29, 0.717) is 17.1 Å². The first-order valence-corrected chi connectivity index (χ1v) is 7.51. The maximum absolute atomic E-state index is 12.1. The Balaban J connectivity index is 1.63. The van der Waals surface area contributed by atoms with Crippen molar-refractivity contribution in [2.24, 2.45) is 0 Å². The van der Waals surface area contributed by atoms with Crippen molar-refractivity contribution in [3.8, 4) is 0 Å². The standard InChI is InChI=1S/C18H15N5O2/c24-17(16-12-19-9-10-20-16)21-14-7-4-8-15(11-14)23-18(25)22-13-5-2-1-3-6-13/h1-12H,(H,21,24)(H2,22,23,25). The molecule has 0 aliphatic carbocycles. The number of nitrogens with one attached hydrogen (secondary N) is 3. The molecule has 0 fully saturated rings. The van der Waals surface area contributed by atoms with Crippen LogP contribution in [0.4, 0.5) is 21.9 Å². The van der Waals surface area contributed by atoms with Crippen molar-refractivity contribution in [2.45, 2.75) is 0 Å². The summed E-state index contributed by atoms with van der Waals surface area (Å²) in [6.45, 7) is 0. The van der Waals surface area contributed by atoms with Gasteiger partial charge in [-0.1, -0.05) is 24.3 Å². The highest BCUT2D eigenvalue weighted by Crippen LogP contribution is 2.16. The molecule has 0 unspecified atom stereocenters. The molecular weight excluding hydrogens is 318 g/mol. The van der Waals surface area contributed by atoms with E-state index < -0.39 is 0 Å². The monoisotopic (exact) mass is 333 g/mol. The number of para-hydroxylation sites is 1. The average molecular weight is 333 g/mol. The lowest BCUT2D eigenvalue weighted by molar-refractivity contribution is 0.102. The lowest BCUT2D eigenvalue weighted by Gasteiger charge is -2.09. The number of carbonyl (C=O) groups excluding carboxylic acids is 2. The number of anilines is 3. The van der Waals surface area contributed by atoms with E-state index in [4.69, 9.17) is 0 Å². The van der Waals surface area contributed by atoms with Crippen LogP contribution >= 0.6 is 0 Å². The van der Waals surface area contributed by atoms with Crippen molar-refractivity contribution in [3.63, 3.8) is 0 Å². The number of hydrogen-bond acceptors (Lipinski definition) is 4. The van der Waals surface area contributed by atoms with Gasteiger partial charge in [0.05, 0.1) is 6.20 Å². The van der Waals surface area contributed by atoms with Crippen LogP contribution in [0.25, 0.3) is 0 Å². The summed E-state index contributed by atoms with van der Waals surface area (Å²) >= 11 is 0. The molecule has 25 heavy (non-hydrogen) atoms. The summed E-state index contributed by atoms with van der Waals surface area (Å²) in [5, 5.41) is 8.14. The molecule has 7 nitrogen and oxygen atoms in total. The Morgan fingerprint density at radius 1 is 0.760 bits per heavy atom. The van der Waals surface area contributed by atoms with Crippen molar-refractivity contribution in [3.05, 3.63) is 78.9 Å². The molecule has 7 heteroatoms. The first kappa shape index (κ1) is 16.1. The summed E-state index contributed by atoms with van der Waals surface area (Å²) in [6, 6.07) is 15.6. The lowest BCUT2D eigenvalue weighted by Crippen LogP contribution is -2.19. The van der Waals surface area contributed by atoms with Gasteiger partial charge in [0.15, 0.2) is 0 Å². The molecule has 0 radical (unpaired) electrons. The van der Waals surface area contributed by atoms with Crippen molar-refractivity contribution in [1.29, 1.82) is 0 Å². The van der Waals surface area contributed by atoms with Gasteiger partial charge in [-0.15, -0.1) is 0 Å². The van der Waals surface area contributed by atoms with E-state index in [1.807, 2.05) is 18.2 Å². The second-order valence-corrected chi connectivity index (χ2v) is 5.07. The summed E-state index contributed by atoms with van der Waals surface area (Å²) in [5.41, 5.74) is 1.98. The van der Waals surface area contributed by atoms with Crippen LogP contribution in [0, 0.1) is 0 Å². The van der Waals surface area contributed by atoms with Crippen molar-refractivity contribution in [2.75, 3.05) is 16.0 Å². The van der Waals surface area contributed by atoms with Gasteiger partial charge >= 0.3 is 6.03 Å². The molecule has 1 heterocycles. The largest absolute Gasteiger partial charge is 0.323 e. The molecule has 0 saturated carbocycles. The fraction of sp³-hybridized carbons (Fsp3) is 0. The third kappa shape index (κ3) is 4.61. The first-order valence-electron chi connectivity index (χ1n) is 7.51. The minimum atomic E-state index is -0.376. The normalized spacial score (nSPS) is 9.92. The molecule has 0 saturated heterocycles. The number of urea groups is 1. The molecule has 2 aromatic carbocycles. The molecule has 3 aromatic rings. The maximum Gasteiger partial charge on any atom is 0.323 e. The van der Waals surface area contributed by atoms with Gasteiger partial charge in [-0.3, -0.25) is 9.78 Å². The van der Waals surface area contributed by atoms with Gasteiger partial charge in [-0.05, 0) is 30.3 Å². The lowest BCUT2D eigenvalue weighted by atomic mass is 10.2. The topological polar surface area (TPSA) is 96.0 Å². The number of rotatable bonds is 4. The van der Waals surface area contributed by atoms with Crippen molar-refractivity contribution < 1.29 is 9.59 Å². The fourth-order valence-corrected chi connectivity index (χ4v) is 2.10. The third-order valence-electron chi connectivity index (χ3n) is 3.21. The Labute approximate surface area is 144 Å². The molecule has 3 amide bonds. The summed E-state index contributed by atoms with van der Waals surface area (Å²) in [5.74, 6) is -0.376. The fourth-order valence-electron chi connectivity index (χ4n) is 2.10. The van der Waals surface area contributed by atoms with Crippen molar-refractivity contribution >= 4 is 29.0 Å². The number of aromatic nitrogens is 2. The summed E-state index contributed by atoms with van der Waals surface area (Å²) < 4.78 is 0. The van der Waals surface area contributed by atoms with Gasteiger partial charge in [-0.25, -0.2) is 9.78 Å². The zero-order chi connectivity index (χ0) is 17.5. The average Bonchev–Trinajstić information content (AvgIpc) is 2.63. The number of amides is 3. The van der Waals surface area contributed by atoms with Crippen LogP contribution in [0.5, 0.6) is 0 Å². The van der Waals surface area contributed by atoms with Gasteiger partial charge in [-0.2, -0.15) is 0 Å².